The fraction of sp³-hybridized carbons (Fsp3) is 0.868. The van der Waals surface area contributed by atoms with Crippen LogP contribution < -0.4 is 5.32 Å². The first kappa shape index (κ1) is 42.8. The van der Waals surface area contributed by atoms with Crippen molar-refractivity contribution in [3.8, 4) is 0 Å². The van der Waals surface area contributed by atoms with Gasteiger partial charge in [-0.1, -0.05) is 167 Å². The molecule has 260 valence electrons. The molecule has 6 nitrogen and oxygen atoms in total. The molecule has 0 fully saturated rings. The minimum absolute atomic E-state index is 0.364. The second-order valence-corrected chi connectivity index (χ2v) is 13.0. The van der Waals surface area contributed by atoms with E-state index in [1.54, 1.807) is 0 Å². The van der Waals surface area contributed by atoms with Crippen LogP contribution in [0.5, 0.6) is 0 Å². The summed E-state index contributed by atoms with van der Waals surface area (Å²) in [7, 11) is 0. The molecule has 0 aliphatic rings. The summed E-state index contributed by atoms with van der Waals surface area (Å²) in [5.41, 5.74) is 0. The quantitative estimate of drug-likeness (QED) is 0.0371. The maximum absolute atomic E-state index is 12.4. The van der Waals surface area contributed by atoms with Crippen molar-refractivity contribution in [2.45, 2.75) is 205 Å². The molecular weight excluding hydrogens is 550 g/mol. The minimum atomic E-state index is -1.26. The second-order valence-electron chi connectivity index (χ2n) is 13.0. The highest BCUT2D eigenvalue weighted by molar-refractivity contribution is 5.80. The van der Waals surface area contributed by atoms with E-state index in [2.05, 4.69) is 43.5 Å². The fourth-order valence-electron chi connectivity index (χ4n) is 5.63. The summed E-state index contributed by atoms with van der Waals surface area (Å²) in [5, 5.41) is 43.4. The summed E-state index contributed by atoms with van der Waals surface area (Å²) in [6.07, 6.45) is 34.8. The molecule has 0 saturated heterocycles. The Bertz CT molecular complexity index is 668. The zero-order valence-electron chi connectivity index (χ0n) is 28.9. The summed E-state index contributed by atoms with van der Waals surface area (Å²) in [6.45, 7) is 3.98. The van der Waals surface area contributed by atoms with Gasteiger partial charge in [0.2, 0.25) is 5.91 Å². The van der Waals surface area contributed by atoms with E-state index < -0.39 is 36.9 Å². The number of rotatable bonds is 33. The zero-order valence-corrected chi connectivity index (χ0v) is 28.9. The number of amides is 1. The Morgan fingerprint density at radius 2 is 0.955 bits per heavy atom. The van der Waals surface area contributed by atoms with Crippen molar-refractivity contribution in [2.24, 2.45) is 0 Å². The summed E-state index contributed by atoms with van der Waals surface area (Å²) in [4.78, 5) is 12.4. The van der Waals surface area contributed by atoms with Crippen molar-refractivity contribution in [2.75, 3.05) is 6.61 Å². The Hall–Kier alpha value is -1.21. The van der Waals surface area contributed by atoms with Crippen molar-refractivity contribution in [1.29, 1.82) is 0 Å². The number of aliphatic hydroxyl groups is 4. The molecule has 6 heteroatoms. The largest absolute Gasteiger partial charge is 0.394 e. The van der Waals surface area contributed by atoms with Crippen molar-refractivity contribution in [3.63, 3.8) is 0 Å². The molecule has 0 heterocycles. The first-order chi connectivity index (χ1) is 21.5. The number of allylic oxidation sites excluding steroid dienone is 4. The Kier molecular flexibility index (Phi) is 32.2. The van der Waals surface area contributed by atoms with Gasteiger partial charge in [0.15, 0.2) is 0 Å². The second kappa shape index (κ2) is 33.2. The van der Waals surface area contributed by atoms with E-state index in [4.69, 9.17) is 0 Å². The molecule has 0 bridgehead atoms. The molecule has 0 aromatic heterocycles. The SMILES string of the molecule is CCCCC/C=C\C=C/CCCCCCCCCCCC(O)C(=O)NC(CO)C(O)C(O)CCCCCCCCCCCC. The number of aliphatic hydroxyl groups excluding tert-OH is 4. The van der Waals surface area contributed by atoms with Crippen LogP contribution >= 0.6 is 0 Å². The van der Waals surface area contributed by atoms with Crippen molar-refractivity contribution >= 4 is 5.91 Å². The molecule has 0 aliphatic heterocycles. The van der Waals surface area contributed by atoms with Crippen LogP contribution in [0.15, 0.2) is 24.3 Å². The predicted octanol–water partition coefficient (Wildman–Crippen LogP) is 8.84. The van der Waals surface area contributed by atoms with Crippen LogP contribution in [0.3, 0.4) is 0 Å². The van der Waals surface area contributed by atoms with Crippen LogP contribution in [0.25, 0.3) is 0 Å². The third kappa shape index (κ3) is 27.1. The Morgan fingerprint density at radius 3 is 1.43 bits per heavy atom. The maximum Gasteiger partial charge on any atom is 0.249 e. The lowest BCUT2D eigenvalue weighted by atomic mass is 9.99. The summed E-state index contributed by atoms with van der Waals surface area (Å²) >= 11 is 0. The Morgan fingerprint density at radius 1 is 0.568 bits per heavy atom. The van der Waals surface area contributed by atoms with Crippen molar-refractivity contribution in [1.82, 2.24) is 5.32 Å². The highest BCUT2D eigenvalue weighted by atomic mass is 16.3. The van der Waals surface area contributed by atoms with Gasteiger partial charge in [0, 0.05) is 0 Å². The summed E-state index contributed by atoms with van der Waals surface area (Å²) in [5.74, 6) is -0.591. The van der Waals surface area contributed by atoms with Gasteiger partial charge in [-0.2, -0.15) is 0 Å². The van der Waals surface area contributed by atoms with E-state index in [0.717, 1.165) is 44.9 Å². The average Bonchev–Trinajstić information content (AvgIpc) is 3.03. The number of carbonyl (C=O) groups excluding carboxylic acids is 1. The highest BCUT2D eigenvalue weighted by Crippen LogP contribution is 2.15. The zero-order chi connectivity index (χ0) is 32.5. The van der Waals surface area contributed by atoms with E-state index in [-0.39, 0.29) is 0 Å². The Labute approximate surface area is 272 Å². The molecule has 44 heavy (non-hydrogen) atoms. The third-order valence-corrected chi connectivity index (χ3v) is 8.69. The summed E-state index contributed by atoms with van der Waals surface area (Å²) < 4.78 is 0. The first-order valence-electron chi connectivity index (χ1n) is 18.7. The Balaban J connectivity index is 3.80. The van der Waals surface area contributed by atoms with Gasteiger partial charge in [0.1, 0.15) is 12.2 Å². The van der Waals surface area contributed by atoms with Gasteiger partial charge >= 0.3 is 0 Å². The van der Waals surface area contributed by atoms with E-state index in [0.29, 0.717) is 12.8 Å². The minimum Gasteiger partial charge on any atom is -0.394 e. The van der Waals surface area contributed by atoms with Crippen LogP contribution in [0.1, 0.15) is 181 Å². The van der Waals surface area contributed by atoms with Gasteiger partial charge in [-0.15, -0.1) is 0 Å². The monoisotopic (exact) mass is 624 g/mol. The molecule has 0 saturated carbocycles. The van der Waals surface area contributed by atoms with E-state index in [1.165, 1.54) is 109 Å². The van der Waals surface area contributed by atoms with E-state index >= 15 is 0 Å². The van der Waals surface area contributed by atoms with E-state index in [9.17, 15) is 25.2 Å². The average molecular weight is 624 g/mol. The molecule has 0 aliphatic carbocycles. The van der Waals surface area contributed by atoms with Gasteiger partial charge in [-0.25, -0.2) is 0 Å². The summed E-state index contributed by atoms with van der Waals surface area (Å²) in [6, 6.07) is -0.983. The lowest BCUT2D eigenvalue weighted by molar-refractivity contribution is -0.132. The van der Waals surface area contributed by atoms with Gasteiger partial charge < -0.3 is 25.7 Å². The van der Waals surface area contributed by atoms with Crippen LogP contribution in [-0.4, -0.2) is 57.3 Å². The fourth-order valence-corrected chi connectivity index (χ4v) is 5.63. The lowest BCUT2D eigenvalue weighted by Gasteiger charge is -2.27. The molecule has 0 aromatic rings. The number of hydrogen-bond acceptors (Lipinski definition) is 5. The van der Waals surface area contributed by atoms with Gasteiger partial charge in [-0.05, 0) is 38.5 Å². The van der Waals surface area contributed by atoms with E-state index in [1.807, 2.05) is 0 Å². The normalized spacial score (nSPS) is 14.8. The van der Waals surface area contributed by atoms with Gasteiger partial charge in [0.05, 0.1) is 18.8 Å². The predicted molar refractivity (Wildman–Crippen MR) is 187 cm³/mol. The molecule has 0 rings (SSSR count). The molecule has 4 atom stereocenters. The number of unbranched alkanes of at least 4 members (excludes halogenated alkanes) is 21. The molecule has 1 amide bonds. The standard InChI is InChI=1S/C38H73NO5/c1-3-5-7-9-11-13-15-16-17-18-19-20-21-22-24-26-28-30-32-36(42)38(44)39-34(33-40)37(43)35(41)31-29-27-25-23-14-12-10-8-6-4-2/h11,13,15-16,34-37,40-43H,3-10,12,14,17-33H2,1-2H3,(H,39,44)/b13-11-,16-15-. The van der Waals surface area contributed by atoms with Gasteiger partial charge in [0.25, 0.3) is 0 Å². The van der Waals surface area contributed by atoms with Crippen LogP contribution in [0, 0.1) is 0 Å². The van der Waals surface area contributed by atoms with Crippen molar-refractivity contribution < 1.29 is 25.2 Å². The maximum atomic E-state index is 12.4. The number of hydrogen-bond donors (Lipinski definition) is 5. The molecule has 0 radical (unpaired) electrons. The first-order valence-corrected chi connectivity index (χ1v) is 18.7. The van der Waals surface area contributed by atoms with Crippen LogP contribution in [0.2, 0.25) is 0 Å². The number of carbonyl (C=O) groups is 1. The van der Waals surface area contributed by atoms with Crippen molar-refractivity contribution in [3.05, 3.63) is 24.3 Å². The molecule has 4 unspecified atom stereocenters. The third-order valence-electron chi connectivity index (χ3n) is 8.69. The molecule has 5 N–H and O–H groups in total. The number of nitrogens with one attached hydrogen (secondary N) is 1. The smallest absolute Gasteiger partial charge is 0.249 e. The van der Waals surface area contributed by atoms with Crippen LogP contribution in [0.4, 0.5) is 0 Å². The highest BCUT2D eigenvalue weighted by Gasteiger charge is 2.28. The van der Waals surface area contributed by atoms with Crippen LogP contribution in [-0.2, 0) is 4.79 Å². The molecule has 0 spiro atoms. The lowest BCUT2D eigenvalue weighted by Crippen LogP contribution is -2.53. The molecule has 0 aromatic carbocycles. The molecular formula is C38H73NO5. The topological polar surface area (TPSA) is 110 Å². The van der Waals surface area contributed by atoms with Gasteiger partial charge in [-0.3, -0.25) is 4.79 Å².